The van der Waals surface area contributed by atoms with Crippen LogP contribution in [0.2, 0.25) is 0 Å². The maximum atomic E-state index is 13.2. The van der Waals surface area contributed by atoms with Gasteiger partial charge in [-0.05, 0) is 24.3 Å². The van der Waals surface area contributed by atoms with E-state index < -0.39 is 53.5 Å². The van der Waals surface area contributed by atoms with Gasteiger partial charge in [0.1, 0.15) is 0 Å². The Morgan fingerprint density at radius 2 is 1.24 bits per heavy atom. The number of carboxylic acids is 3. The molecule has 1 aromatic rings. The molecule has 11 heteroatoms. The van der Waals surface area contributed by atoms with Crippen molar-refractivity contribution < 1.29 is 128 Å². The molecule has 0 amide bonds. The molecule has 0 aliphatic heterocycles. The molecular weight excluding hydrogens is 509 g/mol. The van der Waals surface area contributed by atoms with Gasteiger partial charge in [-0.2, -0.15) is 0 Å². The third-order valence-corrected chi connectivity index (χ3v) is 6.34. The molecule has 0 bridgehead atoms. The fourth-order valence-electron chi connectivity index (χ4n) is 4.43. The number of esters is 1. The third kappa shape index (κ3) is 13.8. The van der Waals surface area contributed by atoms with Crippen LogP contribution in [0.4, 0.5) is 0 Å². The molecule has 0 aromatic heterocycles. The summed E-state index contributed by atoms with van der Waals surface area (Å²) in [4.78, 5) is 48.8. The summed E-state index contributed by atoms with van der Waals surface area (Å²) >= 11 is 0. The van der Waals surface area contributed by atoms with E-state index in [0.29, 0.717) is 12.0 Å². The topological polar surface area (TPSA) is 147 Å². The first-order chi connectivity index (χ1) is 16.2. The molecule has 0 heterocycles. The fourth-order valence-corrected chi connectivity index (χ4v) is 4.43. The van der Waals surface area contributed by atoms with Crippen LogP contribution in [-0.2, 0) is 23.9 Å². The number of ether oxygens (including phenoxy) is 1. The van der Waals surface area contributed by atoms with Crippen molar-refractivity contribution in [3.05, 3.63) is 35.9 Å². The number of benzene rings is 1. The number of carbonyl (C=O) groups excluding carboxylic acids is 4. The first-order valence-corrected chi connectivity index (χ1v) is 12.0. The number of hydrogen-bond acceptors (Lipinski definition) is 8. The molecule has 0 spiro atoms. The van der Waals surface area contributed by atoms with Crippen LogP contribution >= 0.6 is 0 Å². The Balaban J connectivity index is -0.00000385. The molecule has 5 atom stereocenters. The molecule has 37 heavy (non-hydrogen) atoms. The van der Waals surface area contributed by atoms with Crippen molar-refractivity contribution in [2.24, 2.45) is 23.7 Å². The zero-order valence-corrected chi connectivity index (χ0v) is 29.2. The smallest absolute Gasteiger partial charge is 0.550 e. The molecule has 0 N–H and O–H groups in total. The van der Waals surface area contributed by atoms with Crippen molar-refractivity contribution in [1.82, 2.24) is 0 Å². The SMILES string of the molecule is CCCCCCCCOC(=O)C(C(CC)c1ccccc1)C(C(=O)[O-])C(C(=O)[O-])C(C)C(=O)[O-].[Na+].[Na+].[Na+]. The molecule has 5 unspecified atom stereocenters. The van der Waals surface area contributed by atoms with E-state index in [1.165, 1.54) is 0 Å². The molecule has 0 saturated heterocycles. The van der Waals surface area contributed by atoms with Crippen molar-refractivity contribution in [2.75, 3.05) is 6.61 Å². The number of hydrogen-bond donors (Lipinski definition) is 0. The van der Waals surface area contributed by atoms with Crippen LogP contribution < -0.4 is 104 Å². The Morgan fingerprint density at radius 3 is 1.70 bits per heavy atom. The maximum Gasteiger partial charge on any atom is 1.00 e. The molecule has 0 radical (unpaired) electrons. The predicted octanol–water partition coefficient (Wildman–Crippen LogP) is -8.17. The van der Waals surface area contributed by atoms with E-state index in [2.05, 4.69) is 6.92 Å². The van der Waals surface area contributed by atoms with Gasteiger partial charge in [0, 0.05) is 35.7 Å². The number of aliphatic carboxylic acids is 3. The summed E-state index contributed by atoms with van der Waals surface area (Å²) in [5, 5.41) is 35.6. The first kappa shape index (κ1) is 41.6. The van der Waals surface area contributed by atoms with E-state index >= 15 is 0 Å². The fraction of sp³-hybridized carbons (Fsp3) is 0.615. The zero-order chi connectivity index (χ0) is 25.7. The molecular formula is C26H35Na3O8. The first-order valence-electron chi connectivity index (χ1n) is 12.0. The Labute approximate surface area is 286 Å². The van der Waals surface area contributed by atoms with Crippen LogP contribution in [0.15, 0.2) is 30.3 Å². The zero-order valence-electron chi connectivity index (χ0n) is 23.2. The predicted molar refractivity (Wildman–Crippen MR) is 118 cm³/mol. The molecule has 0 saturated carbocycles. The van der Waals surface area contributed by atoms with Crippen molar-refractivity contribution in [3.8, 4) is 0 Å². The molecule has 1 rings (SSSR count). The summed E-state index contributed by atoms with van der Waals surface area (Å²) in [6, 6.07) is 8.57. The van der Waals surface area contributed by atoms with Crippen molar-refractivity contribution in [1.29, 1.82) is 0 Å². The quantitative estimate of drug-likeness (QED) is 0.107. The summed E-state index contributed by atoms with van der Waals surface area (Å²) < 4.78 is 5.41. The minimum absolute atomic E-state index is 0. The van der Waals surface area contributed by atoms with Crippen LogP contribution in [0.5, 0.6) is 0 Å². The Bertz CT molecular complexity index is 806. The van der Waals surface area contributed by atoms with E-state index in [1.807, 2.05) is 0 Å². The van der Waals surface area contributed by atoms with Crippen molar-refractivity contribution in [3.63, 3.8) is 0 Å². The third-order valence-electron chi connectivity index (χ3n) is 6.34. The van der Waals surface area contributed by atoms with E-state index in [1.54, 1.807) is 37.3 Å². The van der Waals surface area contributed by atoms with Crippen LogP contribution in [-0.4, -0.2) is 30.5 Å². The van der Waals surface area contributed by atoms with Gasteiger partial charge in [-0.1, -0.05) is 83.2 Å². The van der Waals surface area contributed by atoms with E-state index in [0.717, 1.165) is 39.0 Å². The normalized spacial score (nSPS) is 14.2. The number of unbranched alkanes of at least 4 members (excludes halogenated alkanes) is 5. The van der Waals surface area contributed by atoms with Gasteiger partial charge in [-0.15, -0.1) is 0 Å². The van der Waals surface area contributed by atoms with Gasteiger partial charge in [0.05, 0.1) is 12.5 Å². The second-order valence-electron chi connectivity index (χ2n) is 8.68. The molecule has 8 nitrogen and oxygen atoms in total. The van der Waals surface area contributed by atoms with Gasteiger partial charge >= 0.3 is 94.6 Å². The van der Waals surface area contributed by atoms with Gasteiger partial charge < -0.3 is 34.4 Å². The van der Waals surface area contributed by atoms with Crippen LogP contribution in [0.25, 0.3) is 0 Å². The van der Waals surface area contributed by atoms with E-state index in [9.17, 15) is 34.5 Å². The Hall–Kier alpha value is 0.1000. The van der Waals surface area contributed by atoms with Crippen LogP contribution in [0.1, 0.15) is 77.2 Å². The van der Waals surface area contributed by atoms with Crippen molar-refractivity contribution >= 4 is 23.9 Å². The second-order valence-corrected chi connectivity index (χ2v) is 8.68. The van der Waals surface area contributed by atoms with E-state index in [4.69, 9.17) is 4.74 Å². The average Bonchev–Trinajstić information content (AvgIpc) is 2.80. The molecule has 0 aliphatic rings. The van der Waals surface area contributed by atoms with Gasteiger partial charge in [0.2, 0.25) is 0 Å². The molecule has 0 aliphatic carbocycles. The minimum Gasteiger partial charge on any atom is -0.550 e. The largest absolute Gasteiger partial charge is 1.00 e. The number of rotatable bonds is 17. The van der Waals surface area contributed by atoms with Crippen molar-refractivity contribution in [2.45, 2.75) is 71.6 Å². The average molecular weight is 545 g/mol. The van der Waals surface area contributed by atoms with Gasteiger partial charge in [0.25, 0.3) is 0 Å². The summed E-state index contributed by atoms with van der Waals surface area (Å²) in [6.45, 7) is 4.91. The van der Waals surface area contributed by atoms with Gasteiger partial charge in [-0.3, -0.25) is 4.79 Å². The summed E-state index contributed by atoms with van der Waals surface area (Å²) in [7, 11) is 0. The summed E-state index contributed by atoms with van der Waals surface area (Å²) in [6.07, 6.45) is 5.97. The second kappa shape index (κ2) is 22.9. The van der Waals surface area contributed by atoms with Gasteiger partial charge in [-0.25, -0.2) is 0 Å². The standard InChI is InChI=1S/C26H38O8.3Na/c1-4-6-7-8-9-13-16-34-26(33)21(19(5-2)18-14-11-10-12-15-18)22(25(31)32)20(24(29)30)17(3)23(27)28;;;/h10-12,14-15,17,19-22H,4-9,13,16H2,1-3H3,(H,27,28)(H,29,30)(H,31,32);;;/q;3*+1/p-3. The maximum absolute atomic E-state index is 13.2. The molecule has 1 aromatic carbocycles. The monoisotopic (exact) mass is 544 g/mol. The Kier molecular flexibility index (Phi) is 25.7. The molecule has 0 fully saturated rings. The minimum atomic E-state index is -2.04. The van der Waals surface area contributed by atoms with E-state index in [-0.39, 0.29) is 102 Å². The summed E-state index contributed by atoms with van der Waals surface area (Å²) in [5.41, 5.74) is 0.607. The number of carbonyl (C=O) groups is 4. The van der Waals surface area contributed by atoms with Gasteiger partial charge in [0.15, 0.2) is 0 Å². The molecule has 190 valence electrons. The number of carboxylic acid groups (broad SMARTS) is 3. The summed E-state index contributed by atoms with van der Waals surface area (Å²) in [5.74, 6) is -14.4. The van der Waals surface area contributed by atoms with Crippen LogP contribution in [0.3, 0.4) is 0 Å². The Morgan fingerprint density at radius 1 is 0.730 bits per heavy atom. The van der Waals surface area contributed by atoms with Crippen LogP contribution in [0, 0.1) is 23.7 Å².